The summed E-state index contributed by atoms with van der Waals surface area (Å²) in [4.78, 5) is 11.8. The van der Waals surface area contributed by atoms with Gasteiger partial charge in [0.25, 0.3) is 5.95 Å². The molecule has 2 N–H and O–H groups in total. The third-order valence-corrected chi connectivity index (χ3v) is 4.41. The van der Waals surface area contributed by atoms with Gasteiger partial charge in [-0.25, -0.2) is 9.48 Å². The van der Waals surface area contributed by atoms with E-state index in [1.807, 2.05) is 6.92 Å². The lowest BCUT2D eigenvalue weighted by atomic mass is 9.78. The summed E-state index contributed by atoms with van der Waals surface area (Å²) in [5, 5.41) is 16.5. The van der Waals surface area contributed by atoms with E-state index in [2.05, 4.69) is 26.2 Å². The molecule has 1 spiro atoms. The molecule has 0 radical (unpaired) electrons. The predicted octanol–water partition coefficient (Wildman–Crippen LogP) is 1.31. The highest BCUT2D eigenvalue weighted by Gasteiger charge is 2.44. The fraction of sp³-hybridized carbons (Fsp3) is 0.846. The molecule has 1 saturated carbocycles. The third-order valence-electron chi connectivity index (χ3n) is 4.41. The summed E-state index contributed by atoms with van der Waals surface area (Å²) >= 11 is 0. The Bertz CT molecular complexity index is 499. The van der Waals surface area contributed by atoms with Gasteiger partial charge in [0.1, 0.15) is 0 Å². The number of rotatable bonds is 5. The number of aromatic nitrogens is 4. The van der Waals surface area contributed by atoms with Crippen molar-refractivity contribution in [2.45, 2.75) is 63.7 Å². The topological polar surface area (TPSA) is 94.0 Å². The minimum absolute atomic E-state index is 0.191. The Labute approximate surface area is 123 Å². The fourth-order valence-corrected chi connectivity index (χ4v) is 3.04. The van der Waals surface area contributed by atoms with Crippen LogP contribution in [-0.2, 0) is 11.3 Å². The molecule has 2 aliphatic rings. The van der Waals surface area contributed by atoms with E-state index in [0.29, 0.717) is 19.0 Å². The molecule has 8 heteroatoms. The first kappa shape index (κ1) is 14.2. The van der Waals surface area contributed by atoms with Gasteiger partial charge in [-0.2, -0.15) is 0 Å². The number of nitrogens with zero attached hydrogens (tertiary/aromatic N) is 4. The van der Waals surface area contributed by atoms with E-state index in [1.54, 1.807) is 0 Å². The highest BCUT2D eigenvalue weighted by atomic mass is 16.5. The maximum absolute atomic E-state index is 11.8. The first-order valence-corrected chi connectivity index (χ1v) is 7.70. The Hall–Kier alpha value is -1.70. The molecule has 3 rings (SSSR count). The molecule has 8 nitrogen and oxygen atoms in total. The highest BCUT2D eigenvalue weighted by Crippen LogP contribution is 2.46. The van der Waals surface area contributed by atoms with E-state index in [0.717, 1.165) is 12.8 Å². The quantitative estimate of drug-likeness (QED) is 0.854. The molecule has 1 aromatic heterocycles. The number of carbonyl (C=O) groups excluding carboxylic acids is 1. The van der Waals surface area contributed by atoms with Gasteiger partial charge in [-0.15, -0.1) is 0 Å². The first-order chi connectivity index (χ1) is 10.2. The molecule has 1 saturated heterocycles. The normalized spacial score (nSPS) is 23.0. The van der Waals surface area contributed by atoms with E-state index < -0.39 is 0 Å². The zero-order chi connectivity index (χ0) is 14.7. The molecule has 1 aromatic rings. The van der Waals surface area contributed by atoms with Crippen molar-refractivity contribution in [3.05, 3.63) is 0 Å². The lowest BCUT2D eigenvalue weighted by molar-refractivity contribution is -0.0920. The predicted molar refractivity (Wildman–Crippen MR) is 75.8 cm³/mol. The van der Waals surface area contributed by atoms with Crippen molar-refractivity contribution in [2.75, 3.05) is 11.9 Å². The number of ether oxygens (including phenoxy) is 1. The van der Waals surface area contributed by atoms with Gasteiger partial charge in [-0.3, -0.25) is 5.32 Å². The summed E-state index contributed by atoms with van der Waals surface area (Å²) in [5.74, 6) is 0.362. The van der Waals surface area contributed by atoms with Crippen LogP contribution in [0, 0.1) is 0 Å². The smallest absolute Gasteiger partial charge is 0.321 e. The maximum atomic E-state index is 11.8. The van der Waals surface area contributed by atoms with Crippen LogP contribution in [-0.4, -0.2) is 44.5 Å². The van der Waals surface area contributed by atoms with Crippen molar-refractivity contribution < 1.29 is 9.53 Å². The van der Waals surface area contributed by atoms with Crippen LogP contribution in [0.5, 0.6) is 0 Å². The molecule has 1 aliphatic carbocycles. The van der Waals surface area contributed by atoms with Crippen molar-refractivity contribution in [1.29, 1.82) is 0 Å². The summed E-state index contributed by atoms with van der Waals surface area (Å²) < 4.78 is 7.63. The highest BCUT2D eigenvalue weighted by molar-refractivity contribution is 5.87. The monoisotopic (exact) mass is 294 g/mol. The van der Waals surface area contributed by atoms with Crippen molar-refractivity contribution in [2.24, 2.45) is 0 Å². The van der Waals surface area contributed by atoms with Crippen LogP contribution in [0.25, 0.3) is 0 Å². The Morgan fingerprint density at radius 2 is 2.33 bits per heavy atom. The van der Waals surface area contributed by atoms with Gasteiger partial charge in [0.05, 0.1) is 11.7 Å². The number of aryl methyl sites for hydroxylation is 1. The second-order valence-electron chi connectivity index (χ2n) is 5.80. The van der Waals surface area contributed by atoms with Gasteiger partial charge in [-0.1, -0.05) is 5.10 Å². The van der Waals surface area contributed by atoms with Crippen molar-refractivity contribution >= 4 is 12.0 Å². The molecule has 2 fully saturated rings. The number of hydrogen-bond acceptors (Lipinski definition) is 5. The number of urea groups is 1. The van der Waals surface area contributed by atoms with Crippen molar-refractivity contribution in [3.8, 4) is 0 Å². The van der Waals surface area contributed by atoms with Crippen LogP contribution in [0.2, 0.25) is 0 Å². The van der Waals surface area contributed by atoms with E-state index in [-0.39, 0.29) is 17.7 Å². The molecule has 116 valence electrons. The van der Waals surface area contributed by atoms with Gasteiger partial charge in [0, 0.05) is 13.1 Å². The number of tetrazole rings is 1. The van der Waals surface area contributed by atoms with Gasteiger partial charge in [0.2, 0.25) is 0 Å². The van der Waals surface area contributed by atoms with Crippen LogP contribution in [0.1, 0.15) is 45.4 Å². The lowest BCUT2D eigenvalue weighted by Crippen LogP contribution is -2.37. The van der Waals surface area contributed by atoms with Crippen molar-refractivity contribution in [1.82, 2.24) is 25.5 Å². The third kappa shape index (κ3) is 3.15. The van der Waals surface area contributed by atoms with Gasteiger partial charge < -0.3 is 10.1 Å². The minimum Gasteiger partial charge on any atom is -0.372 e. The maximum Gasteiger partial charge on any atom is 0.321 e. The Balaban J connectivity index is 1.36. The fourth-order valence-electron chi connectivity index (χ4n) is 3.04. The van der Waals surface area contributed by atoms with E-state index in [9.17, 15) is 4.79 Å². The summed E-state index contributed by atoms with van der Waals surface area (Å²) in [5.41, 5.74) is 0.191. The first-order valence-electron chi connectivity index (χ1n) is 7.70. The zero-order valence-corrected chi connectivity index (χ0v) is 12.3. The Morgan fingerprint density at radius 1 is 1.48 bits per heavy atom. The number of carbonyl (C=O) groups is 1. The second kappa shape index (κ2) is 5.97. The summed E-state index contributed by atoms with van der Waals surface area (Å²) in [6, 6.07) is -0.282. The molecule has 2 amide bonds. The largest absolute Gasteiger partial charge is 0.372 e. The molecule has 0 unspecified atom stereocenters. The molecule has 1 aliphatic heterocycles. The van der Waals surface area contributed by atoms with E-state index in [1.165, 1.54) is 30.4 Å². The van der Waals surface area contributed by atoms with Gasteiger partial charge in [0.15, 0.2) is 0 Å². The van der Waals surface area contributed by atoms with Crippen LogP contribution >= 0.6 is 0 Å². The SMILES string of the molecule is CCn1nnnc1NC(=O)NCC[C@H]1CCC2(CCC2)O1. The average Bonchev–Trinajstić information content (AvgIpc) is 3.04. The molecule has 0 aromatic carbocycles. The number of anilines is 1. The van der Waals surface area contributed by atoms with E-state index in [4.69, 9.17) is 4.74 Å². The lowest BCUT2D eigenvalue weighted by Gasteiger charge is -2.38. The molecular weight excluding hydrogens is 272 g/mol. The number of amides is 2. The van der Waals surface area contributed by atoms with E-state index >= 15 is 0 Å². The van der Waals surface area contributed by atoms with Crippen LogP contribution in [0.3, 0.4) is 0 Å². The number of nitrogens with one attached hydrogen (secondary N) is 2. The van der Waals surface area contributed by atoms with Gasteiger partial charge in [-0.05, 0) is 55.9 Å². The zero-order valence-electron chi connectivity index (χ0n) is 12.3. The van der Waals surface area contributed by atoms with Crippen LogP contribution in [0.4, 0.5) is 10.7 Å². The Kier molecular flexibility index (Phi) is 4.05. The molecule has 21 heavy (non-hydrogen) atoms. The van der Waals surface area contributed by atoms with Gasteiger partial charge >= 0.3 is 6.03 Å². The minimum atomic E-state index is -0.282. The summed E-state index contributed by atoms with van der Waals surface area (Å²) in [7, 11) is 0. The molecular formula is C13H22N6O2. The summed E-state index contributed by atoms with van der Waals surface area (Å²) in [6.07, 6.45) is 7.13. The molecule has 2 heterocycles. The van der Waals surface area contributed by atoms with Crippen LogP contribution in [0.15, 0.2) is 0 Å². The Morgan fingerprint density at radius 3 is 3.00 bits per heavy atom. The second-order valence-corrected chi connectivity index (χ2v) is 5.80. The standard InChI is InChI=1S/C13H22N6O2/c1-2-19-11(16-17-18-19)15-12(20)14-9-5-10-4-8-13(21-10)6-3-7-13/h10H,2-9H2,1H3,(H2,14,15,16,18,20)/t10-/m1/s1. The molecule has 1 atom stereocenters. The summed E-state index contributed by atoms with van der Waals surface area (Å²) in [6.45, 7) is 3.12. The number of hydrogen-bond donors (Lipinski definition) is 2. The average molecular weight is 294 g/mol. The van der Waals surface area contributed by atoms with Crippen LogP contribution < -0.4 is 10.6 Å². The molecule has 0 bridgehead atoms. The van der Waals surface area contributed by atoms with Crippen molar-refractivity contribution in [3.63, 3.8) is 0 Å².